The summed E-state index contributed by atoms with van der Waals surface area (Å²) in [6, 6.07) is 7.97. The molecule has 0 aliphatic carbocycles. The van der Waals surface area contributed by atoms with E-state index in [2.05, 4.69) is 9.97 Å². The van der Waals surface area contributed by atoms with Crippen molar-refractivity contribution in [1.82, 2.24) is 9.97 Å². The van der Waals surface area contributed by atoms with E-state index in [1.807, 2.05) is 51.2 Å². The third-order valence-electron chi connectivity index (χ3n) is 1.61. The van der Waals surface area contributed by atoms with Crippen LogP contribution in [-0.2, 0) is 0 Å². The maximum atomic E-state index is 4.26. The summed E-state index contributed by atoms with van der Waals surface area (Å²) in [5.74, 6) is 0.823. The predicted molar refractivity (Wildman–Crippen MR) is 55.6 cm³/mol. The fourth-order valence-electron chi connectivity index (χ4n) is 1.06. The summed E-state index contributed by atoms with van der Waals surface area (Å²) in [6.07, 6.45) is 1.84. The Labute approximate surface area is 78.7 Å². The molecule has 0 bridgehead atoms. The zero-order valence-corrected chi connectivity index (χ0v) is 8.28. The van der Waals surface area contributed by atoms with Gasteiger partial charge in [-0.1, -0.05) is 32.0 Å². The number of aryl methyl sites for hydroxylation is 1. The second-order valence-corrected chi connectivity index (χ2v) is 2.48. The summed E-state index contributed by atoms with van der Waals surface area (Å²) < 4.78 is 0. The van der Waals surface area contributed by atoms with E-state index >= 15 is 0 Å². The lowest BCUT2D eigenvalue weighted by atomic mass is 10.2. The van der Waals surface area contributed by atoms with E-state index in [0.29, 0.717) is 0 Å². The molecule has 13 heavy (non-hydrogen) atoms. The highest BCUT2D eigenvalue weighted by atomic mass is 14.9. The Morgan fingerprint density at radius 3 is 2.54 bits per heavy atom. The van der Waals surface area contributed by atoms with Crippen LogP contribution >= 0.6 is 0 Å². The topological polar surface area (TPSA) is 25.8 Å². The lowest BCUT2D eigenvalue weighted by Gasteiger charge is -1.95. The van der Waals surface area contributed by atoms with Crippen molar-refractivity contribution in [2.75, 3.05) is 0 Å². The molecule has 68 valence electrons. The van der Waals surface area contributed by atoms with E-state index < -0.39 is 0 Å². The van der Waals surface area contributed by atoms with E-state index in [1.165, 1.54) is 0 Å². The van der Waals surface area contributed by atoms with Crippen molar-refractivity contribution >= 4 is 10.9 Å². The second kappa shape index (κ2) is 4.55. The zero-order valence-electron chi connectivity index (χ0n) is 8.28. The third kappa shape index (κ3) is 2.25. The van der Waals surface area contributed by atoms with Crippen molar-refractivity contribution < 1.29 is 0 Å². The number of fused-ring (bicyclic) bond motifs is 1. The Balaban J connectivity index is 0.000000396. The smallest absolute Gasteiger partial charge is 0.125 e. The number of para-hydroxylation sites is 1. The van der Waals surface area contributed by atoms with Gasteiger partial charge in [-0.3, -0.25) is 0 Å². The molecule has 0 atom stereocenters. The molecule has 0 radical (unpaired) electrons. The first-order chi connectivity index (χ1) is 6.36. The quantitative estimate of drug-likeness (QED) is 0.613. The fraction of sp³-hybridized carbons (Fsp3) is 0.273. The van der Waals surface area contributed by atoms with Gasteiger partial charge in [0, 0.05) is 11.6 Å². The fourth-order valence-corrected chi connectivity index (χ4v) is 1.06. The van der Waals surface area contributed by atoms with Gasteiger partial charge in [0.1, 0.15) is 5.82 Å². The van der Waals surface area contributed by atoms with Crippen LogP contribution in [0.3, 0.4) is 0 Å². The highest BCUT2D eigenvalue weighted by molar-refractivity contribution is 5.77. The first kappa shape index (κ1) is 9.65. The largest absolute Gasteiger partial charge is 0.241 e. The van der Waals surface area contributed by atoms with E-state index in [-0.39, 0.29) is 0 Å². The van der Waals surface area contributed by atoms with Crippen molar-refractivity contribution in [1.29, 1.82) is 0 Å². The van der Waals surface area contributed by atoms with Crippen molar-refractivity contribution in [3.8, 4) is 0 Å². The first-order valence-electron chi connectivity index (χ1n) is 4.55. The highest BCUT2D eigenvalue weighted by Crippen LogP contribution is 2.08. The zero-order chi connectivity index (χ0) is 9.68. The minimum absolute atomic E-state index is 0.823. The van der Waals surface area contributed by atoms with Crippen LogP contribution in [0.1, 0.15) is 19.7 Å². The first-order valence-corrected chi connectivity index (χ1v) is 4.55. The maximum absolute atomic E-state index is 4.26. The maximum Gasteiger partial charge on any atom is 0.125 e. The Hall–Kier alpha value is -1.44. The molecule has 2 heteroatoms. The second-order valence-electron chi connectivity index (χ2n) is 2.48. The number of benzene rings is 1. The van der Waals surface area contributed by atoms with E-state index in [9.17, 15) is 0 Å². The van der Waals surface area contributed by atoms with Crippen molar-refractivity contribution in [3.63, 3.8) is 0 Å². The van der Waals surface area contributed by atoms with Crippen LogP contribution in [0, 0.1) is 6.92 Å². The lowest BCUT2D eigenvalue weighted by molar-refractivity contribution is 1.09. The molecule has 0 spiro atoms. The minimum atomic E-state index is 0.823. The molecule has 0 aliphatic rings. The predicted octanol–water partition coefficient (Wildman–Crippen LogP) is 2.96. The average molecular weight is 174 g/mol. The standard InChI is InChI=1S/C9H8N2.C2H6/c1-7-10-6-8-4-2-3-5-9(8)11-7;1-2/h2-6H,1H3;1-2H3. The van der Waals surface area contributed by atoms with Crippen LogP contribution in [0.4, 0.5) is 0 Å². The van der Waals surface area contributed by atoms with Gasteiger partial charge in [-0.05, 0) is 13.0 Å². The van der Waals surface area contributed by atoms with E-state index in [4.69, 9.17) is 0 Å². The van der Waals surface area contributed by atoms with Crippen molar-refractivity contribution in [3.05, 3.63) is 36.3 Å². The van der Waals surface area contributed by atoms with Crippen LogP contribution in [0.25, 0.3) is 10.9 Å². The summed E-state index contributed by atoms with van der Waals surface area (Å²) in [5, 5.41) is 1.10. The van der Waals surface area contributed by atoms with Gasteiger partial charge in [0.2, 0.25) is 0 Å². The Morgan fingerprint density at radius 1 is 1.08 bits per heavy atom. The molecule has 2 nitrogen and oxygen atoms in total. The lowest BCUT2D eigenvalue weighted by Crippen LogP contribution is -1.86. The molecule has 2 aromatic rings. The normalized spacial score (nSPS) is 9.15. The number of hydrogen-bond donors (Lipinski definition) is 0. The van der Waals surface area contributed by atoms with Gasteiger partial charge in [-0.15, -0.1) is 0 Å². The van der Waals surface area contributed by atoms with E-state index in [0.717, 1.165) is 16.7 Å². The van der Waals surface area contributed by atoms with Crippen LogP contribution in [0.15, 0.2) is 30.5 Å². The van der Waals surface area contributed by atoms with Crippen LogP contribution < -0.4 is 0 Å². The SMILES string of the molecule is CC.Cc1ncc2ccccc2n1. The molecule has 1 aromatic carbocycles. The number of hydrogen-bond acceptors (Lipinski definition) is 2. The molecule has 0 N–H and O–H groups in total. The highest BCUT2D eigenvalue weighted by Gasteiger charge is 1.92. The van der Waals surface area contributed by atoms with E-state index in [1.54, 1.807) is 0 Å². The Morgan fingerprint density at radius 2 is 1.77 bits per heavy atom. The molecular weight excluding hydrogens is 160 g/mol. The molecule has 0 saturated carbocycles. The van der Waals surface area contributed by atoms with Crippen molar-refractivity contribution in [2.24, 2.45) is 0 Å². The summed E-state index contributed by atoms with van der Waals surface area (Å²) in [5.41, 5.74) is 1.01. The number of aromatic nitrogens is 2. The van der Waals surface area contributed by atoms with Gasteiger partial charge < -0.3 is 0 Å². The van der Waals surface area contributed by atoms with Gasteiger partial charge >= 0.3 is 0 Å². The molecule has 1 aromatic heterocycles. The van der Waals surface area contributed by atoms with Gasteiger partial charge in [0.05, 0.1) is 5.52 Å². The summed E-state index contributed by atoms with van der Waals surface area (Å²) >= 11 is 0. The molecule has 0 saturated heterocycles. The molecule has 0 aliphatic heterocycles. The number of nitrogens with zero attached hydrogens (tertiary/aromatic N) is 2. The van der Waals surface area contributed by atoms with Gasteiger partial charge in [-0.2, -0.15) is 0 Å². The van der Waals surface area contributed by atoms with Crippen LogP contribution in [0.2, 0.25) is 0 Å². The summed E-state index contributed by atoms with van der Waals surface area (Å²) in [4.78, 5) is 8.36. The summed E-state index contributed by atoms with van der Waals surface area (Å²) in [6.45, 7) is 5.90. The monoisotopic (exact) mass is 174 g/mol. The Kier molecular flexibility index (Phi) is 3.38. The molecule has 0 unspecified atom stereocenters. The Bertz CT molecular complexity index is 383. The van der Waals surface area contributed by atoms with Crippen LogP contribution in [-0.4, -0.2) is 9.97 Å². The number of rotatable bonds is 0. The molecule has 2 rings (SSSR count). The molecular formula is C11H14N2. The molecule has 1 heterocycles. The van der Waals surface area contributed by atoms with Crippen molar-refractivity contribution in [2.45, 2.75) is 20.8 Å². The molecule has 0 amide bonds. The van der Waals surface area contributed by atoms with Gasteiger partial charge in [0.15, 0.2) is 0 Å². The molecule has 0 fully saturated rings. The van der Waals surface area contributed by atoms with Crippen LogP contribution in [0.5, 0.6) is 0 Å². The summed E-state index contributed by atoms with van der Waals surface area (Å²) in [7, 11) is 0. The van der Waals surface area contributed by atoms with Gasteiger partial charge in [-0.25, -0.2) is 9.97 Å². The van der Waals surface area contributed by atoms with Gasteiger partial charge in [0.25, 0.3) is 0 Å². The third-order valence-corrected chi connectivity index (χ3v) is 1.61. The average Bonchev–Trinajstić information content (AvgIpc) is 2.21. The minimum Gasteiger partial charge on any atom is -0.241 e.